The molecule has 2 heterocycles. The SMILES string of the molecule is CCNC(=NCC(O)c1ccco1)NCCc1ncc(C)s1.I. The van der Waals surface area contributed by atoms with E-state index < -0.39 is 6.10 Å². The van der Waals surface area contributed by atoms with Crippen LogP contribution in [0.15, 0.2) is 34.0 Å². The van der Waals surface area contributed by atoms with Gasteiger partial charge in [-0.3, -0.25) is 4.99 Å². The summed E-state index contributed by atoms with van der Waals surface area (Å²) in [7, 11) is 0. The summed E-state index contributed by atoms with van der Waals surface area (Å²) in [6.07, 6.45) is 3.55. The summed E-state index contributed by atoms with van der Waals surface area (Å²) in [4.78, 5) is 9.93. The molecule has 8 heteroatoms. The molecule has 0 aliphatic carbocycles. The Hall–Kier alpha value is -1.13. The van der Waals surface area contributed by atoms with E-state index in [-0.39, 0.29) is 30.5 Å². The molecule has 23 heavy (non-hydrogen) atoms. The van der Waals surface area contributed by atoms with Crippen LogP contribution >= 0.6 is 35.3 Å². The number of furan rings is 1. The van der Waals surface area contributed by atoms with Gasteiger partial charge in [0.05, 0.1) is 17.8 Å². The summed E-state index contributed by atoms with van der Waals surface area (Å²) in [5.41, 5.74) is 0. The predicted molar refractivity (Wildman–Crippen MR) is 104 cm³/mol. The molecule has 0 amide bonds. The van der Waals surface area contributed by atoms with Crippen molar-refractivity contribution in [2.75, 3.05) is 19.6 Å². The number of halogens is 1. The number of aromatic nitrogens is 1. The van der Waals surface area contributed by atoms with Gasteiger partial charge >= 0.3 is 0 Å². The molecule has 1 unspecified atom stereocenters. The van der Waals surface area contributed by atoms with Gasteiger partial charge in [0, 0.05) is 30.6 Å². The maximum Gasteiger partial charge on any atom is 0.191 e. The molecular weight excluding hydrogens is 427 g/mol. The zero-order valence-electron chi connectivity index (χ0n) is 13.3. The average molecular weight is 450 g/mol. The van der Waals surface area contributed by atoms with Crippen molar-refractivity contribution in [1.29, 1.82) is 0 Å². The van der Waals surface area contributed by atoms with Gasteiger partial charge in [0.25, 0.3) is 0 Å². The quantitative estimate of drug-likeness (QED) is 0.343. The Morgan fingerprint density at radius 1 is 1.48 bits per heavy atom. The Kier molecular flexibility index (Phi) is 9.19. The van der Waals surface area contributed by atoms with Crippen LogP contribution in [0.3, 0.4) is 0 Å². The molecule has 0 bridgehead atoms. The van der Waals surface area contributed by atoms with Crippen molar-refractivity contribution in [1.82, 2.24) is 15.6 Å². The third kappa shape index (κ3) is 6.88. The van der Waals surface area contributed by atoms with Crippen LogP contribution in [0.4, 0.5) is 0 Å². The largest absolute Gasteiger partial charge is 0.467 e. The molecule has 0 fully saturated rings. The molecular formula is C15H23IN4O2S. The number of rotatable bonds is 7. The molecule has 128 valence electrons. The molecule has 0 aromatic carbocycles. The molecule has 0 aliphatic heterocycles. The number of aliphatic hydroxyl groups excluding tert-OH is 1. The van der Waals surface area contributed by atoms with Crippen molar-refractivity contribution in [2.45, 2.75) is 26.4 Å². The Balaban J connectivity index is 0.00000264. The molecule has 0 aliphatic rings. The lowest BCUT2D eigenvalue weighted by Crippen LogP contribution is -2.38. The van der Waals surface area contributed by atoms with Crippen LogP contribution in [0.2, 0.25) is 0 Å². The normalized spacial score (nSPS) is 12.6. The minimum absolute atomic E-state index is 0. The van der Waals surface area contributed by atoms with Crippen molar-refractivity contribution < 1.29 is 9.52 Å². The number of hydrogen-bond acceptors (Lipinski definition) is 5. The van der Waals surface area contributed by atoms with E-state index in [0.717, 1.165) is 24.5 Å². The Morgan fingerprint density at radius 2 is 2.30 bits per heavy atom. The number of thiazole rings is 1. The smallest absolute Gasteiger partial charge is 0.191 e. The fourth-order valence-electron chi connectivity index (χ4n) is 1.90. The Bertz CT molecular complexity index is 586. The van der Waals surface area contributed by atoms with Gasteiger partial charge in [-0.15, -0.1) is 35.3 Å². The zero-order chi connectivity index (χ0) is 15.8. The van der Waals surface area contributed by atoms with Crippen LogP contribution in [0.25, 0.3) is 0 Å². The summed E-state index contributed by atoms with van der Waals surface area (Å²) in [5, 5.41) is 17.5. The van der Waals surface area contributed by atoms with Gasteiger partial charge in [-0.2, -0.15) is 0 Å². The topological polar surface area (TPSA) is 82.7 Å². The number of guanidine groups is 1. The van der Waals surface area contributed by atoms with Crippen LogP contribution in [0.1, 0.15) is 28.7 Å². The van der Waals surface area contributed by atoms with Gasteiger partial charge in [-0.25, -0.2) is 4.98 Å². The summed E-state index contributed by atoms with van der Waals surface area (Å²) in [5.74, 6) is 1.21. The predicted octanol–water partition coefficient (Wildman–Crippen LogP) is 2.49. The van der Waals surface area contributed by atoms with Gasteiger partial charge in [0.1, 0.15) is 11.9 Å². The third-order valence-corrected chi connectivity index (χ3v) is 3.91. The molecule has 1 atom stereocenters. The number of aliphatic imine (C=N–C) groups is 1. The molecule has 3 N–H and O–H groups in total. The lowest BCUT2D eigenvalue weighted by atomic mass is 10.3. The van der Waals surface area contributed by atoms with Crippen LogP contribution in [-0.4, -0.2) is 35.7 Å². The van der Waals surface area contributed by atoms with Crippen LogP contribution in [0, 0.1) is 6.92 Å². The fourth-order valence-corrected chi connectivity index (χ4v) is 2.68. The van der Waals surface area contributed by atoms with Crippen LogP contribution in [-0.2, 0) is 6.42 Å². The number of nitrogens with one attached hydrogen (secondary N) is 2. The third-order valence-electron chi connectivity index (χ3n) is 2.94. The van der Waals surface area contributed by atoms with Crippen molar-refractivity contribution in [3.8, 4) is 0 Å². The maximum absolute atomic E-state index is 9.97. The van der Waals surface area contributed by atoms with E-state index in [0.29, 0.717) is 11.7 Å². The van der Waals surface area contributed by atoms with E-state index in [4.69, 9.17) is 4.42 Å². The van der Waals surface area contributed by atoms with Crippen LogP contribution < -0.4 is 10.6 Å². The summed E-state index contributed by atoms with van der Waals surface area (Å²) in [6, 6.07) is 3.49. The van der Waals surface area contributed by atoms with Crippen molar-refractivity contribution in [2.24, 2.45) is 4.99 Å². The van der Waals surface area contributed by atoms with Gasteiger partial charge in [0.2, 0.25) is 0 Å². The van der Waals surface area contributed by atoms with Crippen molar-refractivity contribution in [3.05, 3.63) is 40.2 Å². The molecule has 0 saturated heterocycles. The van der Waals surface area contributed by atoms with E-state index in [1.165, 1.54) is 4.88 Å². The summed E-state index contributed by atoms with van der Waals surface area (Å²) >= 11 is 1.71. The van der Waals surface area contributed by atoms with E-state index in [1.807, 2.05) is 13.1 Å². The molecule has 0 radical (unpaired) electrons. The van der Waals surface area contributed by atoms with E-state index in [1.54, 1.807) is 29.7 Å². The first-order chi connectivity index (χ1) is 10.7. The van der Waals surface area contributed by atoms with Gasteiger partial charge < -0.3 is 20.2 Å². The molecule has 6 nitrogen and oxygen atoms in total. The van der Waals surface area contributed by atoms with E-state index in [2.05, 4.69) is 27.5 Å². The first-order valence-electron chi connectivity index (χ1n) is 7.34. The Labute approximate surface area is 157 Å². The number of hydrogen-bond donors (Lipinski definition) is 3. The second kappa shape index (κ2) is 10.6. The highest BCUT2D eigenvalue weighted by atomic mass is 127. The minimum Gasteiger partial charge on any atom is -0.467 e. The van der Waals surface area contributed by atoms with E-state index >= 15 is 0 Å². The van der Waals surface area contributed by atoms with E-state index in [9.17, 15) is 5.11 Å². The van der Waals surface area contributed by atoms with Gasteiger partial charge in [-0.05, 0) is 26.0 Å². The fraction of sp³-hybridized carbons (Fsp3) is 0.467. The minimum atomic E-state index is -0.730. The standard InChI is InChI=1S/C15H22N4O2S.HI/c1-3-16-15(17-7-6-14-18-9-11(2)22-14)19-10-12(20)13-5-4-8-21-13;/h4-5,8-9,12,20H,3,6-7,10H2,1-2H3,(H2,16,17,19);1H. The highest BCUT2D eigenvalue weighted by Crippen LogP contribution is 2.13. The van der Waals surface area contributed by atoms with Gasteiger partial charge in [-0.1, -0.05) is 0 Å². The highest BCUT2D eigenvalue weighted by molar-refractivity contribution is 14.0. The maximum atomic E-state index is 9.97. The second-order valence-corrected chi connectivity index (χ2v) is 6.11. The molecule has 2 aromatic rings. The number of aliphatic hydroxyl groups is 1. The first kappa shape index (κ1) is 19.9. The monoisotopic (exact) mass is 450 g/mol. The molecule has 2 aromatic heterocycles. The number of aryl methyl sites for hydroxylation is 1. The highest BCUT2D eigenvalue weighted by Gasteiger charge is 2.10. The molecule has 0 saturated carbocycles. The molecule has 0 spiro atoms. The lowest BCUT2D eigenvalue weighted by Gasteiger charge is -2.11. The first-order valence-corrected chi connectivity index (χ1v) is 8.15. The van der Waals surface area contributed by atoms with Crippen molar-refractivity contribution >= 4 is 41.3 Å². The van der Waals surface area contributed by atoms with Crippen LogP contribution in [0.5, 0.6) is 0 Å². The average Bonchev–Trinajstić information content (AvgIpc) is 3.16. The zero-order valence-corrected chi connectivity index (χ0v) is 16.4. The number of nitrogens with zero attached hydrogens (tertiary/aromatic N) is 2. The summed E-state index contributed by atoms with van der Waals surface area (Å²) in [6.45, 7) is 5.81. The second-order valence-electron chi connectivity index (χ2n) is 4.79. The van der Waals surface area contributed by atoms with Crippen molar-refractivity contribution in [3.63, 3.8) is 0 Å². The van der Waals surface area contributed by atoms with Gasteiger partial charge in [0.15, 0.2) is 5.96 Å². The molecule has 2 rings (SSSR count). The summed E-state index contributed by atoms with van der Waals surface area (Å²) < 4.78 is 5.16. The lowest BCUT2D eigenvalue weighted by molar-refractivity contribution is 0.158. The Morgan fingerprint density at radius 3 is 2.91 bits per heavy atom.